The van der Waals surface area contributed by atoms with Gasteiger partial charge in [-0.05, 0) is 119 Å². The second-order valence-corrected chi connectivity index (χ2v) is 22.1. The predicted molar refractivity (Wildman–Crippen MR) is 279 cm³/mol. The number of allylic oxidation sites excluding steroid dienone is 3. The van der Waals surface area contributed by atoms with E-state index in [0.29, 0.717) is 58.0 Å². The molecule has 5 N–H and O–H groups in total. The molecule has 398 valence electrons. The molecule has 1 aliphatic carbocycles. The maximum atomic E-state index is 14.7. The number of amides is 1. The number of cyclic esters (lactones) is 2. The Morgan fingerprint density at radius 2 is 1.65 bits per heavy atom. The highest BCUT2D eigenvalue weighted by molar-refractivity contribution is 8.00. The molecule has 0 radical (unpaired) electrons. The van der Waals surface area contributed by atoms with E-state index in [1.807, 2.05) is 38.6 Å². The van der Waals surface area contributed by atoms with Crippen molar-refractivity contribution in [3.8, 4) is 0 Å². The third kappa shape index (κ3) is 16.5. The number of benzene rings is 1. The van der Waals surface area contributed by atoms with E-state index >= 15 is 0 Å². The molecule has 3 bridgehead atoms. The number of fused-ring (bicyclic) bond motifs is 3. The first kappa shape index (κ1) is 60.5. The molecular formula is C53H80N2O13S3. The Labute approximate surface area is 435 Å². The average molecular weight is 1050 g/mol. The summed E-state index contributed by atoms with van der Waals surface area (Å²) in [5.74, 6) is -3.92. The molecule has 0 aromatic heterocycles. The highest BCUT2D eigenvalue weighted by Crippen LogP contribution is 2.44. The number of Topliss-reactive ketones (excluding diaryl/α,β-unsaturated/α-hetero) is 2. The third-order valence-corrected chi connectivity index (χ3v) is 17.0. The molecule has 1 spiro atoms. The summed E-state index contributed by atoms with van der Waals surface area (Å²) in [4.78, 5) is 71.2. The lowest BCUT2D eigenvalue weighted by Gasteiger charge is -2.46. The van der Waals surface area contributed by atoms with Gasteiger partial charge in [0.05, 0.1) is 37.1 Å². The van der Waals surface area contributed by atoms with E-state index in [1.165, 1.54) is 15.9 Å². The number of aliphatic hydroxyl groups is 2. The predicted octanol–water partition coefficient (Wildman–Crippen LogP) is 8.31. The van der Waals surface area contributed by atoms with Gasteiger partial charge in [0.25, 0.3) is 11.7 Å². The van der Waals surface area contributed by atoms with Gasteiger partial charge in [-0.3, -0.25) is 19.2 Å². The number of esters is 2. The van der Waals surface area contributed by atoms with Crippen LogP contribution in [0.3, 0.4) is 0 Å². The lowest BCUT2D eigenvalue weighted by molar-refractivity contribution is -0.304. The quantitative estimate of drug-likeness (QED) is 0.0791. The number of hydrogen-bond acceptors (Lipinski definition) is 17. The zero-order valence-electron chi connectivity index (χ0n) is 42.6. The molecule has 4 saturated heterocycles. The fourth-order valence-electron chi connectivity index (χ4n) is 10.4. The van der Waals surface area contributed by atoms with Crippen LogP contribution in [0.5, 0.6) is 0 Å². The van der Waals surface area contributed by atoms with Crippen LogP contribution in [0.4, 0.5) is 0 Å². The van der Waals surface area contributed by atoms with Crippen LogP contribution in [0, 0.1) is 11.8 Å². The fraction of sp³-hybridized carbons (Fsp3) is 0.679. The van der Waals surface area contributed by atoms with Gasteiger partial charge in [0.1, 0.15) is 23.2 Å². The summed E-state index contributed by atoms with van der Waals surface area (Å²) in [5, 5.41) is 20.0. The summed E-state index contributed by atoms with van der Waals surface area (Å²) in [7, 11) is 4.37. The number of methoxy groups -OCH3 is 2. The molecule has 15 nitrogen and oxygen atoms in total. The highest BCUT2D eigenvalue weighted by Gasteiger charge is 2.59. The van der Waals surface area contributed by atoms with Crippen LogP contribution in [0.25, 0.3) is 0 Å². The number of nitrogens with zero attached hydrogens (tertiary/aromatic N) is 1. The van der Waals surface area contributed by atoms with Gasteiger partial charge in [-0.15, -0.1) is 11.8 Å². The van der Waals surface area contributed by atoms with Gasteiger partial charge in [0.2, 0.25) is 5.79 Å². The molecule has 7 rings (SSSR count). The first-order chi connectivity index (χ1) is 33.7. The molecule has 1 aromatic carbocycles. The maximum Gasteiger partial charge on any atom is 0.329 e. The lowest BCUT2D eigenvalue weighted by Crippen LogP contribution is -2.63. The number of rotatable bonds is 9. The summed E-state index contributed by atoms with van der Waals surface area (Å²) in [6.45, 7) is 9.62. The van der Waals surface area contributed by atoms with Crippen LogP contribution in [-0.4, -0.2) is 138 Å². The molecular weight excluding hydrogens is 969 g/mol. The number of ether oxygens (including phenoxy) is 6. The van der Waals surface area contributed by atoms with Crippen molar-refractivity contribution in [2.75, 3.05) is 34.5 Å². The number of carbonyl (C=O) groups excluding carboxylic acids is 5. The topological polar surface area (TPSA) is 219 Å². The number of hydrogen-bond donors (Lipinski definition) is 4. The first-order valence-corrected chi connectivity index (χ1v) is 27.4. The molecule has 6 aliphatic rings. The minimum Gasteiger partial charge on any atom is -0.465 e. The SMILES string of the molecule is C=CS.CO.COC1CC(C)C23OC(CC/C(C)=C/CC(=O)CC(O)CC(/C(C)=C/C4CCC(SCc5ccc(SC6CCOC6=O)cc5)C(OC)C4)OC(=O)C4CCCCN4C(=O)C2=O)CCC1O3.N. The van der Waals surface area contributed by atoms with Crippen molar-refractivity contribution in [3.63, 3.8) is 0 Å². The van der Waals surface area contributed by atoms with Gasteiger partial charge < -0.3 is 49.7 Å². The molecule has 1 aromatic rings. The van der Waals surface area contributed by atoms with Crippen molar-refractivity contribution >= 4 is 65.6 Å². The first-order valence-electron chi connectivity index (χ1n) is 24.9. The summed E-state index contributed by atoms with van der Waals surface area (Å²) < 4.78 is 36.5. The molecule has 1 saturated carbocycles. The molecule has 18 heteroatoms. The summed E-state index contributed by atoms with van der Waals surface area (Å²) in [5.41, 5.74) is 2.95. The maximum absolute atomic E-state index is 14.7. The number of aliphatic hydroxyl groups excluding tert-OH is 2. The van der Waals surface area contributed by atoms with E-state index in [0.717, 1.165) is 54.6 Å². The Morgan fingerprint density at radius 3 is 2.32 bits per heavy atom. The molecule has 12 unspecified atom stereocenters. The molecule has 71 heavy (non-hydrogen) atoms. The molecule has 5 fully saturated rings. The van der Waals surface area contributed by atoms with Crippen LogP contribution in [0.1, 0.15) is 123 Å². The van der Waals surface area contributed by atoms with Crippen molar-refractivity contribution < 1.29 is 62.6 Å². The largest absolute Gasteiger partial charge is 0.465 e. The smallest absolute Gasteiger partial charge is 0.329 e. The third-order valence-electron chi connectivity index (χ3n) is 14.3. The van der Waals surface area contributed by atoms with E-state index in [9.17, 15) is 29.1 Å². The van der Waals surface area contributed by atoms with Crippen LogP contribution < -0.4 is 6.15 Å². The van der Waals surface area contributed by atoms with Crippen molar-refractivity contribution in [1.29, 1.82) is 0 Å². The summed E-state index contributed by atoms with van der Waals surface area (Å²) >= 11 is 6.98. The Balaban J connectivity index is 0.00000176. The van der Waals surface area contributed by atoms with Crippen LogP contribution >= 0.6 is 36.2 Å². The highest BCUT2D eigenvalue weighted by atomic mass is 32.2. The van der Waals surface area contributed by atoms with Crippen LogP contribution in [-0.2, 0) is 58.1 Å². The Bertz CT molecular complexity index is 1990. The molecule has 1 amide bonds. The van der Waals surface area contributed by atoms with E-state index in [2.05, 4.69) is 49.5 Å². The van der Waals surface area contributed by atoms with Crippen LogP contribution in [0.15, 0.2) is 64.4 Å². The average Bonchev–Trinajstić information content (AvgIpc) is 3.68. The van der Waals surface area contributed by atoms with Crippen LogP contribution in [0.2, 0.25) is 0 Å². The van der Waals surface area contributed by atoms with E-state index in [1.54, 1.807) is 26.0 Å². The van der Waals surface area contributed by atoms with Crippen molar-refractivity contribution in [3.05, 3.63) is 65.1 Å². The number of thioether (sulfide) groups is 2. The zero-order valence-corrected chi connectivity index (χ0v) is 45.2. The number of piperidine rings is 1. The normalized spacial score (nSPS) is 34.0. The van der Waals surface area contributed by atoms with Gasteiger partial charge in [-0.2, -0.15) is 24.4 Å². The molecule has 5 heterocycles. The minimum atomic E-state index is -1.83. The second-order valence-electron chi connectivity index (χ2n) is 19.2. The monoisotopic (exact) mass is 1050 g/mol. The van der Waals surface area contributed by atoms with Crippen molar-refractivity contribution in [1.82, 2.24) is 11.1 Å². The zero-order chi connectivity index (χ0) is 51.0. The molecule has 12 atom stereocenters. The summed E-state index contributed by atoms with van der Waals surface area (Å²) in [6, 6.07) is 7.35. The number of carbonyl (C=O) groups is 5. The van der Waals surface area contributed by atoms with Gasteiger partial charge in [0.15, 0.2) is 0 Å². The van der Waals surface area contributed by atoms with Gasteiger partial charge in [-0.25, -0.2) is 4.79 Å². The minimum absolute atomic E-state index is 0. The summed E-state index contributed by atoms with van der Waals surface area (Å²) in [6.07, 6.45) is 8.79. The number of ketones is 2. The van der Waals surface area contributed by atoms with Crippen molar-refractivity contribution in [2.24, 2.45) is 11.8 Å². The van der Waals surface area contributed by atoms with Gasteiger partial charge in [0, 0.05) is 75.4 Å². The van der Waals surface area contributed by atoms with Gasteiger partial charge >= 0.3 is 11.9 Å². The van der Waals surface area contributed by atoms with E-state index in [4.69, 9.17) is 33.5 Å². The Kier molecular flexibility index (Phi) is 25.4. The standard InChI is InChI=1S/C50H69NO12S2.C2H4S.CH4O.H3N/c1-30-9-14-35(52)27-36(53)28-41(31(2)24-34-13-20-44(43(26-34)59-5)64-29-33-11-17-38(18-12-33)65-45-21-23-60-49(45)57)61-48(56)39-8-6-7-22-51(39)47(55)46(54)50-32(3)25-42(58-4)40(63-50)19-16-37(62-50)15-10-30;1-2-3;1-2;/h9,11-12,17-18,24,32,34,36-37,39-45,53H,6-8,10,13-16,19-23,25-29H2,1-5H3;2-3H,1H2;2H,1H3;1H3/b30-9+,31-24+;;;. The second kappa shape index (κ2) is 29.7. The van der Waals surface area contributed by atoms with Crippen molar-refractivity contribution in [2.45, 2.75) is 187 Å². The number of thiol groups is 1. The van der Waals surface area contributed by atoms with E-state index in [-0.39, 0.29) is 78.4 Å². The fourth-order valence-corrected chi connectivity index (χ4v) is 12.8. The molecule has 5 aliphatic heterocycles. The van der Waals surface area contributed by atoms with E-state index < -0.39 is 53.7 Å². The lowest BCUT2D eigenvalue weighted by atomic mass is 9.84. The van der Waals surface area contributed by atoms with Gasteiger partial charge in [-0.1, -0.05) is 43.4 Å². The Morgan fingerprint density at radius 1 is 0.930 bits per heavy atom. The Hall–Kier alpha value is -3.04.